The van der Waals surface area contributed by atoms with Crippen molar-refractivity contribution in [1.29, 1.82) is 0 Å². The molecule has 0 aromatic heterocycles. The number of aliphatic carboxylic acids is 8. The quantitative estimate of drug-likeness (QED) is 0.00672. The van der Waals surface area contributed by atoms with Crippen LogP contribution in [0.15, 0.2) is 34.9 Å². The van der Waals surface area contributed by atoms with Crippen molar-refractivity contribution in [2.24, 2.45) is 121 Å². The lowest BCUT2D eigenvalue weighted by Gasteiger charge is -2.19. The second-order valence-corrected chi connectivity index (χ2v) is 22.4. The Labute approximate surface area is 597 Å². The van der Waals surface area contributed by atoms with E-state index in [4.69, 9.17) is 137 Å². The van der Waals surface area contributed by atoms with E-state index in [1.54, 1.807) is 14.0 Å². The highest BCUT2D eigenvalue weighted by Crippen LogP contribution is 2.40. The predicted octanol–water partition coefficient (Wildman–Crippen LogP) is -10.1. The Morgan fingerprint density at radius 3 is 1.16 bits per heavy atom. The molecule has 50 nitrogen and oxygen atoms in total. The topological polar surface area (TPSA) is 958 Å². The molecule has 0 fully saturated rings. The third kappa shape index (κ3) is 81.9. The van der Waals surface area contributed by atoms with Gasteiger partial charge in [-0.05, 0) is 97.4 Å². The number of hydrogen-bond acceptors (Lipinski definition) is 27. The summed E-state index contributed by atoms with van der Waals surface area (Å²) in [7, 11) is -2.37. The van der Waals surface area contributed by atoms with Gasteiger partial charge in [-0.15, -0.1) is 0 Å². The summed E-state index contributed by atoms with van der Waals surface area (Å²) in [6.07, 6.45) is 4.78. The summed E-state index contributed by atoms with van der Waals surface area (Å²) in [4.78, 5) is 169. The molecule has 0 saturated heterocycles. The number of hydrogen-bond donors (Lipinski definition) is 29. The molecule has 600 valence electrons. The predicted molar refractivity (Wildman–Crippen MR) is 380 cm³/mol. The molecule has 0 aromatic rings. The van der Waals surface area contributed by atoms with Crippen molar-refractivity contribution in [3.8, 4) is 0 Å². The van der Waals surface area contributed by atoms with Gasteiger partial charge in [-0.3, -0.25) is 98.1 Å². The van der Waals surface area contributed by atoms with Crippen molar-refractivity contribution in [3.05, 3.63) is 0 Å². The van der Waals surface area contributed by atoms with Crippen molar-refractivity contribution < 1.29 is 117 Å². The van der Waals surface area contributed by atoms with E-state index < -0.39 is 116 Å². The zero-order valence-corrected chi connectivity index (χ0v) is 58.7. The number of ketones is 1. The number of likely N-dealkylation sites (N-methyl/N-ethyl adjacent to an activating group) is 1. The molecule has 0 aliphatic rings. The van der Waals surface area contributed by atoms with Gasteiger partial charge in [-0.2, -0.15) is 0 Å². The highest BCUT2D eigenvalue weighted by molar-refractivity contribution is 7.52. The van der Waals surface area contributed by atoms with Gasteiger partial charge in [0.05, 0.1) is 18.8 Å². The van der Waals surface area contributed by atoms with Crippen LogP contribution in [-0.4, -0.2) is 272 Å². The smallest absolute Gasteiger partial charge is 0.372 e. The van der Waals surface area contributed by atoms with Crippen LogP contribution >= 0.6 is 7.60 Å². The molecular weight excluding hydrogens is 1420 g/mol. The third-order valence-electron chi connectivity index (χ3n) is 11.4. The van der Waals surface area contributed by atoms with Crippen LogP contribution in [0.2, 0.25) is 0 Å². The molecule has 51 heteroatoms. The van der Waals surface area contributed by atoms with Crippen molar-refractivity contribution in [1.82, 2.24) is 21.3 Å². The van der Waals surface area contributed by atoms with Gasteiger partial charge in [0, 0.05) is 58.7 Å². The second kappa shape index (κ2) is 68.0. The zero-order valence-electron chi connectivity index (χ0n) is 57.8. The summed E-state index contributed by atoms with van der Waals surface area (Å²) in [5.41, 5.74) is 77.5. The fourth-order valence-electron chi connectivity index (χ4n) is 6.15. The second-order valence-electron chi connectivity index (χ2n) is 20.6. The number of nitrogens with zero attached hydrogens (tertiary/aromatic N) is 7. The first-order chi connectivity index (χ1) is 48.3. The summed E-state index contributed by atoms with van der Waals surface area (Å²) >= 11 is 0. The van der Waals surface area contributed by atoms with Gasteiger partial charge in [0.25, 0.3) is 6.47 Å². The third-order valence-corrected chi connectivity index (χ3v) is 12.5. The number of carboxylic acids is 8. The zero-order chi connectivity index (χ0) is 81.9. The van der Waals surface area contributed by atoms with Crippen molar-refractivity contribution >= 4 is 121 Å². The van der Waals surface area contributed by atoms with Crippen LogP contribution in [0, 0.1) is 0 Å². The van der Waals surface area contributed by atoms with Gasteiger partial charge < -0.3 is 152 Å². The number of ether oxygens (including phenoxy) is 1. The first-order valence-electron chi connectivity index (χ1n) is 30.7. The van der Waals surface area contributed by atoms with Crippen LogP contribution < -0.4 is 107 Å². The standard InChI is InChI=1S/C10H18N4O6.C10H18N4O5.C8H18N4O2.C7H14N4O3.C7H15N3O2.C6H11N3O3.C5H15N4O3P/c11-10(12)13-3-1-2-6(8(16)17)14-7(9(18)19)4-20-5-15;11-10(12)13-5-1-2-6(9(18)19)14-7(15)3-4-8(16)17;1-11-5-7(10)12-4-2-3-6(9)8(13)14;8-5(6(13)14)2-1-3-10-7(9)11-4-12;1-5(8)10-4-2-3-6(9)7(11)12;7-6(8)9-3-1-2-4(10)5(11)12;6-4(13(10,11)12)2-1-3-9-5(7)8/h5-7,14H,1-4H2,(H,16,17)(H,18,19)(H4,11,12,13);6H,1-5H2,(H,14,15)(H,16,17)(H,18,19)(H4,11,12,13);6,11H,2-5,9H2,1H3,(H2,10,12)(H,13,14);4-5H,1-3,8H2,(H,13,14)(H3,9,10,11,12);6H,2-4,9H2,1H3,(H2,8,10)(H,11,12);1-3H2,(H,11,12)(H4,7,8,9);4H,1-3,6H2,(H4,7,8,9)(H2,10,11,12). The summed E-state index contributed by atoms with van der Waals surface area (Å²) in [5, 5.41) is 78.3. The number of guanidine groups is 5. The molecular formula is C53H109N26O24P. The number of aliphatic imine (C=N–C) groups is 7. The van der Waals surface area contributed by atoms with Crippen LogP contribution in [0.4, 0.5) is 0 Å². The maximum atomic E-state index is 11.3. The summed E-state index contributed by atoms with van der Waals surface area (Å²) < 4.78 is 14.9. The van der Waals surface area contributed by atoms with E-state index in [1.807, 2.05) is 0 Å². The van der Waals surface area contributed by atoms with Crippen LogP contribution in [0.1, 0.15) is 110 Å². The van der Waals surface area contributed by atoms with Gasteiger partial charge in [0.1, 0.15) is 54.5 Å². The molecule has 0 aliphatic carbocycles. The van der Waals surface area contributed by atoms with E-state index in [0.717, 1.165) is 0 Å². The summed E-state index contributed by atoms with van der Waals surface area (Å²) in [5.74, 6) is -11.0. The lowest BCUT2D eigenvalue weighted by atomic mass is 10.1. The molecule has 2 amide bonds. The van der Waals surface area contributed by atoms with Crippen molar-refractivity contribution in [3.63, 3.8) is 0 Å². The monoisotopic (exact) mass is 1520 g/mol. The average molecular weight is 1530 g/mol. The van der Waals surface area contributed by atoms with E-state index in [0.29, 0.717) is 115 Å². The van der Waals surface area contributed by atoms with Gasteiger partial charge in [0.15, 0.2) is 29.8 Å². The van der Waals surface area contributed by atoms with Gasteiger partial charge in [-0.25, -0.2) is 9.59 Å². The lowest BCUT2D eigenvalue weighted by Crippen LogP contribution is -2.49. The maximum Gasteiger partial charge on any atom is 0.372 e. The Kier molecular flexibility index (Phi) is 69.8. The number of Topliss-reactive ketones (excluding diaryl/α,β-unsaturated/α-hetero) is 1. The minimum atomic E-state index is -4.15. The van der Waals surface area contributed by atoms with Crippen LogP contribution in [0.5, 0.6) is 0 Å². The highest BCUT2D eigenvalue weighted by atomic mass is 31.2. The van der Waals surface area contributed by atoms with Crippen molar-refractivity contribution in [2.45, 2.75) is 152 Å². The number of nitrogens with two attached hydrogens (primary N) is 15. The Balaban J connectivity index is -0.000000213. The minimum absolute atomic E-state index is 0.0175. The van der Waals surface area contributed by atoms with E-state index >= 15 is 0 Å². The van der Waals surface area contributed by atoms with Gasteiger partial charge in [0.2, 0.25) is 18.1 Å². The van der Waals surface area contributed by atoms with Crippen LogP contribution in [0.3, 0.4) is 0 Å². The summed E-state index contributed by atoms with van der Waals surface area (Å²) in [6, 6.07) is -5.93. The number of amidine groups is 2. The number of rotatable bonds is 48. The van der Waals surface area contributed by atoms with E-state index in [2.05, 4.69) is 61.0 Å². The maximum absolute atomic E-state index is 11.3. The summed E-state index contributed by atoms with van der Waals surface area (Å²) in [6.45, 7) is 4.38. The largest absolute Gasteiger partial charge is 0.481 e. The SMILES string of the molecule is CC(N)=NCCCC(N)C(=O)O.CNCC(N)=NCCCC(N)C(=O)O.NC(=NCCCC(N)C(=O)O)NC=O.NC(N)=NCCCC(=O)C(=O)O.NC(N)=NCCCC(N)P(=O)(O)O.NC(N)=NCCCC(NC(=O)CCC(=O)O)C(=O)O.NC(N)=NCCCC(NC(COC=O)C(=O)O)C(=O)O. The molecule has 0 heterocycles. The van der Waals surface area contributed by atoms with Crippen molar-refractivity contribution in [2.75, 3.05) is 66.0 Å². The first-order valence-corrected chi connectivity index (χ1v) is 32.4. The molecule has 0 aliphatic heterocycles. The Bertz CT molecular complexity index is 2790. The molecule has 104 heavy (non-hydrogen) atoms. The van der Waals surface area contributed by atoms with E-state index in [1.165, 1.54) is 0 Å². The Hall–Kier alpha value is -10.8. The number of carboxylic acid groups (broad SMARTS) is 8. The van der Waals surface area contributed by atoms with E-state index in [-0.39, 0.29) is 94.4 Å². The van der Waals surface area contributed by atoms with Crippen LogP contribution in [0.25, 0.3) is 0 Å². The first kappa shape index (κ1) is 107. The highest BCUT2D eigenvalue weighted by Gasteiger charge is 2.27. The molecule has 0 radical (unpaired) electrons. The van der Waals surface area contributed by atoms with Crippen LogP contribution in [-0.2, 0) is 66.8 Å². The normalized spacial score (nSPS) is 12.7. The number of carbonyl (C=O) groups is 12. The number of carbonyl (C=O) groups excluding carboxylic acids is 4. The van der Waals surface area contributed by atoms with E-state index in [9.17, 15) is 62.1 Å². The Morgan fingerprint density at radius 2 is 0.827 bits per heavy atom. The average Bonchev–Trinajstić information content (AvgIpc) is 0.928. The molecule has 0 aromatic carbocycles. The number of amides is 2. The number of nitrogens with one attached hydrogen (secondary N) is 4. The fraction of sp³-hybridized carbons (Fsp3) is 0.642. The fourth-order valence-corrected chi connectivity index (χ4v) is 6.67. The molecule has 0 bridgehead atoms. The lowest BCUT2D eigenvalue weighted by molar-refractivity contribution is -0.149. The molecule has 0 rings (SSSR count). The van der Waals surface area contributed by atoms with Gasteiger partial charge in [-0.1, -0.05) is 0 Å². The minimum Gasteiger partial charge on any atom is -0.481 e. The molecule has 44 N–H and O–H groups in total. The molecule has 7 unspecified atom stereocenters. The molecule has 0 saturated carbocycles. The molecule has 7 atom stereocenters. The van der Waals surface area contributed by atoms with Gasteiger partial charge >= 0.3 is 55.4 Å². The molecule has 0 spiro atoms. The Morgan fingerprint density at radius 1 is 0.462 bits per heavy atom.